The largest absolute Gasteiger partial charge is 0.490 e. The number of aromatic nitrogens is 1. The van der Waals surface area contributed by atoms with E-state index in [9.17, 15) is 9.59 Å². The summed E-state index contributed by atoms with van der Waals surface area (Å²) in [6.45, 7) is 4.25. The molecule has 7 heteroatoms. The number of aryl methyl sites for hydroxylation is 1. The van der Waals surface area contributed by atoms with E-state index in [1.807, 2.05) is 62.4 Å². The van der Waals surface area contributed by atoms with E-state index in [0.29, 0.717) is 34.9 Å². The number of hydrazone groups is 1. The first kappa shape index (κ1) is 25.5. The second kappa shape index (κ2) is 11.5. The van der Waals surface area contributed by atoms with Gasteiger partial charge < -0.3 is 14.5 Å². The molecule has 4 aromatic carbocycles. The Morgan fingerprint density at radius 2 is 1.64 bits per heavy atom. The average Bonchev–Trinajstić information content (AvgIpc) is 3.34. The smallest absolute Gasteiger partial charge is 0.343 e. The lowest BCUT2D eigenvalue weighted by Crippen LogP contribution is -2.18. The van der Waals surface area contributed by atoms with Crippen molar-refractivity contribution in [3.8, 4) is 22.6 Å². The molecule has 0 radical (unpaired) electrons. The van der Waals surface area contributed by atoms with Gasteiger partial charge >= 0.3 is 5.97 Å². The predicted octanol–water partition coefficient (Wildman–Crippen LogP) is 6.53. The molecule has 0 aliphatic carbocycles. The van der Waals surface area contributed by atoms with E-state index in [-0.39, 0.29) is 5.91 Å². The van der Waals surface area contributed by atoms with Crippen molar-refractivity contribution in [3.05, 3.63) is 119 Å². The minimum Gasteiger partial charge on any atom is -0.490 e. The van der Waals surface area contributed by atoms with Crippen molar-refractivity contribution >= 4 is 29.0 Å². The molecule has 0 atom stereocenters. The van der Waals surface area contributed by atoms with Crippen LogP contribution in [-0.2, 0) is 0 Å². The van der Waals surface area contributed by atoms with Gasteiger partial charge in [-0.1, -0.05) is 60.2 Å². The lowest BCUT2D eigenvalue weighted by Gasteiger charge is -2.11. The van der Waals surface area contributed by atoms with Gasteiger partial charge in [-0.25, -0.2) is 10.2 Å². The third-order valence-electron chi connectivity index (χ3n) is 6.10. The van der Waals surface area contributed by atoms with Crippen LogP contribution in [0.5, 0.6) is 11.5 Å². The van der Waals surface area contributed by atoms with E-state index >= 15 is 0 Å². The number of nitrogens with zero attached hydrogens (tertiary/aromatic N) is 1. The summed E-state index contributed by atoms with van der Waals surface area (Å²) in [6, 6.07) is 29.6. The second-order valence-corrected chi connectivity index (χ2v) is 8.88. The second-order valence-electron chi connectivity index (χ2n) is 8.88. The number of rotatable bonds is 8. The first-order valence-electron chi connectivity index (χ1n) is 12.6. The Hall–Kier alpha value is -5.17. The highest BCUT2D eigenvalue weighted by molar-refractivity contribution is 6.10. The Bertz CT molecular complexity index is 1660. The number of nitrogens with one attached hydrogen (secondary N) is 2. The summed E-state index contributed by atoms with van der Waals surface area (Å²) >= 11 is 0. The van der Waals surface area contributed by atoms with Crippen LogP contribution in [0.2, 0.25) is 0 Å². The Balaban J connectivity index is 1.36. The molecule has 1 aromatic heterocycles. The summed E-state index contributed by atoms with van der Waals surface area (Å²) in [7, 11) is 0. The summed E-state index contributed by atoms with van der Waals surface area (Å²) < 4.78 is 11.2. The number of hydrogen-bond donors (Lipinski definition) is 2. The van der Waals surface area contributed by atoms with Crippen molar-refractivity contribution < 1.29 is 19.1 Å². The molecule has 0 aliphatic rings. The molecule has 5 rings (SSSR count). The van der Waals surface area contributed by atoms with Crippen LogP contribution in [0.3, 0.4) is 0 Å². The van der Waals surface area contributed by atoms with Gasteiger partial charge in [-0.15, -0.1) is 0 Å². The highest BCUT2D eigenvalue weighted by atomic mass is 16.6. The molecule has 2 N–H and O–H groups in total. The van der Waals surface area contributed by atoms with E-state index in [4.69, 9.17) is 9.47 Å². The maximum Gasteiger partial charge on any atom is 0.343 e. The minimum absolute atomic E-state index is 0.299. The molecule has 1 heterocycles. The number of aromatic amines is 1. The highest BCUT2D eigenvalue weighted by Crippen LogP contribution is 2.33. The first-order chi connectivity index (χ1) is 19.0. The quantitative estimate of drug-likeness (QED) is 0.106. The van der Waals surface area contributed by atoms with Gasteiger partial charge in [-0.05, 0) is 67.4 Å². The molecule has 0 bridgehead atoms. The van der Waals surface area contributed by atoms with Crippen LogP contribution in [0, 0.1) is 6.92 Å². The molecule has 7 nitrogen and oxygen atoms in total. The number of H-pyrrole nitrogens is 1. The summed E-state index contributed by atoms with van der Waals surface area (Å²) in [5.74, 6) is -0.146. The third-order valence-corrected chi connectivity index (χ3v) is 6.10. The monoisotopic (exact) mass is 517 g/mol. The highest BCUT2D eigenvalue weighted by Gasteiger charge is 2.19. The van der Waals surface area contributed by atoms with Crippen molar-refractivity contribution in [2.75, 3.05) is 6.61 Å². The Morgan fingerprint density at radius 1 is 0.897 bits per heavy atom. The minimum atomic E-state index is -0.479. The van der Waals surface area contributed by atoms with E-state index in [1.54, 1.807) is 42.5 Å². The molecule has 0 saturated carbocycles. The fourth-order valence-corrected chi connectivity index (χ4v) is 4.29. The number of carbonyl (C=O) groups is 2. The fraction of sp³-hybridized carbons (Fsp3) is 0.0938. The van der Waals surface area contributed by atoms with Gasteiger partial charge in [0.2, 0.25) is 0 Å². The van der Waals surface area contributed by atoms with Crippen LogP contribution in [0.4, 0.5) is 0 Å². The number of ether oxygens (including phenoxy) is 2. The molecule has 194 valence electrons. The van der Waals surface area contributed by atoms with E-state index < -0.39 is 5.97 Å². The number of benzene rings is 4. The number of esters is 1. The van der Waals surface area contributed by atoms with Gasteiger partial charge in [-0.2, -0.15) is 5.10 Å². The van der Waals surface area contributed by atoms with E-state index in [0.717, 1.165) is 27.6 Å². The van der Waals surface area contributed by atoms with Gasteiger partial charge in [0.1, 0.15) is 5.69 Å². The molecular weight excluding hydrogens is 490 g/mol. The predicted molar refractivity (Wildman–Crippen MR) is 153 cm³/mol. The third kappa shape index (κ3) is 5.72. The number of hydrogen-bond acceptors (Lipinski definition) is 5. The van der Waals surface area contributed by atoms with Crippen molar-refractivity contribution in [2.45, 2.75) is 13.8 Å². The van der Waals surface area contributed by atoms with Crippen molar-refractivity contribution in [3.63, 3.8) is 0 Å². The Labute approximate surface area is 226 Å². The van der Waals surface area contributed by atoms with Crippen molar-refractivity contribution in [2.24, 2.45) is 5.10 Å². The Morgan fingerprint density at radius 3 is 2.38 bits per heavy atom. The maximum atomic E-state index is 13.2. The van der Waals surface area contributed by atoms with Gasteiger partial charge in [0, 0.05) is 16.5 Å². The number of fused-ring (bicyclic) bond motifs is 1. The molecule has 5 aromatic rings. The van der Waals surface area contributed by atoms with E-state index in [2.05, 4.69) is 21.6 Å². The molecule has 0 unspecified atom stereocenters. The van der Waals surface area contributed by atoms with Crippen LogP contribution < -0.4 is 14.9 Å². The van der Waals surface area contributed by atoms with Crippen molar-refractivity contribution in [1.29, 1.82) is 0 Å². The zero-order chi connectivity index (χ0) is 27.2. The number of amides is 1. The fourth-order valence-electron chi connectivity index (χ4n) is 4.29. The first-order valence-corrected chi connectivity index (χ1v) is 12.6. The molecule has 0 spiro atoms. The lowest BCUT2D eigenvalue weighted by molar-refractivity contribution is 0.0728. The van der Waals surface area contributed by atoms with Crippen LogP contribution >= 0.6 is 0 Å². The summed E-state index contributed by atoms with van der Waals surface area (Å²) in [5.41, 5.74) is 7.89. The lowest BCUT2D eigenvalue weighted by atomic mass is 10.0. The molecular formula is C32H27N3O4. The maximum absolute atomic E-state index is 13.2. The summed E-state index contributed by atoms with van der Waals surface area (Å²) in [4.78, 5) is 29.0. The van der Waals surface area contributed by atoms with Crippen molar-refractivity contribution in [1.82, 2.24) is 10.4 Å². The molecule has 0 fully saturated rings. The zero-order valence-corrected chi connectivity index (χ0v) is 21.6. The molecule has 0 aliphatic heterocycles. The topological polar surface area (TPSA) is 92.8 Å². The van der Waals surface area contributed by atoms with Gasteiger partial charge in [0.05, 0.1) is 18.4 Å². The normalized spacial score (nSPS) is 11.0. The van der Waals surface area contributed by atoms with Crippen LogP contribution in [-0.4, -0.2) is 29.7 Å². The average molecular weight is 518 g/mol. The van der Waals surface area contributed by atoms with Crippen LogP contribution in [0.15, 0.2) is 102 Å². The standard InChI is InChI=1S/C32H27N3O4/c1-3-38-28-19-22(15-17-27(28)39-32(37)24-12-8-5-9-13-24)20-33-35-31(36)30-29(23-10-6-4-7-11-23)25-18-21(2)14-16-26(25)34-30/h4-20,34H,3H2,1-2H3,(H,35,36). The van der Waals surface area contributed by atoms with Crippen LogP contribution in [0.1, 0.15) is 38.9 Å². The van der Waals surface area contributed by atoms with Crippen LogP contribution in [0.25, 0.3) is 22.0 Å². The molecule has 1 amide bonds. The molecule has 0 saturated heterocycles. The van der Waals surface area contributed by atoms with E-state index in [1.165, 1.54) is 6.21 Å². The van der Waals surface area contributed by atoms with Gasteiger partial charge in [-0.3, -0.25) is 4.79 Å². The van der Waals surface area contributed by atoms with Gasteiger partial charge in [0.15, 0.2) is 11.5 Å². The number of carbonyl (C=O) groups excluding carboxylic acids is 2. The zero-order valence-electron chi connectivity index (χ0n) is 21.6. The van der Waals surface area contributed by atoms with Gasteiger partial charge in [0.25, 0.3) is 5.91 Å². The summed E-state index contributed by atoms with van der Waals surface area (Å²) in [6.07, 6.45) is 1.51. The molecule has 39 heavy (non-hydrogen) atoms. The Kier molecular flexibility index (Phi) is 7.50. The summed E-state index contributed by atoms with van der Waals surface area (Å²) in [5, 5.41) is 5.14. The SMILES string of the molecule is CCOc1cc(C=NNC(=O)c2[nH]c3ccc(C)cc3c2-c2ccccc2)ccc1OC(=O)c1ccccc1.